The Morgan fingerprint density at radius 3 is 2.40 bits per heavy atom. The highest BCUT2D eigenvalue weighted by molar-refractivity contribution is 5.93. The van der Waals surface area contributed by atoms with Crippen LogP contribution in [0.5, 0.6) is 0 Å². The Kier molecular flexibility index (Phi) is 5.95. The fourth-order valence-electron chi connectivity index (χ4n) is 2.43. The Balaban J connectivity index is 1.76. The van der Waals surface area contributed by atoms with Gasteiger partial charge in [-0.3, -0.25) is 25.4 Å². The number of carbonyl (C=O) groups excluding carboxylic acids is 3. The highest BCUT2D eigenvalue weighted by atomic mass is 16.6. The van der Waals surface area contributed by atoms with Crippen molar-refractivity contribution >= 4 is 17.9 Å². The van der Waals surface area contributed by atoms with Crippen LogP contribution >= 0.6 is 0 Å². The summed E-state index contributed by atoms with van der Waals surface area (Å²) in [6, 6.07) is 4.95. The number of rotatable bonds is 2. The quantitative estimate of drug-likeness (QED) is 0.789. The van der Waals surface area contributed by atoms with Crippen molar-refractivity contribution in [2.45, 2.75) is 39.2 Å². The standard InChI is InChI=1S/C17H24N4O4/c1-17(2,3)25-16(24)21-10-7-12(8-11-21)14(22)19-20-15(23)13-6-4-5-9-18-13/h4-6,9,12H,7-8,10-11H2,1-3H3,(H,19,22)(H,20,23). The molecule has 0 aliphatic carbocycles. The van der Waals surface area contributed by atoms with E-state index in [9.17, 15) is 14.4 Å². The van der Waals surface area contributed by atoms with Gasteiger partial charge in [0.15, 0.2) is 0 Å². The predicted octanol–water partition coefficient (Wildman–Crippen LogP) is 1.49. The van der Waals surface area contributed by atoms with Crippen LogP contribution in [0.15, 0.2) is 24.4 Å². The van der Waals surface area contributed by atoms with Gasteiger partial charge in [-0.25, -0.2) is 4.79 Å². The van der Waals surface area contributed by atoms with Crippen LogP contribution in [0.25, 0.3) is 0 Å². The monoisotopic (exact) mass is 348 g/mol. The number of aromatic nitrogens is 1. The van der Waals surface area contributed by atoms with Crippen LogP contribution < -0.4 is 10.9 Å². The average molecular weight is 348 g/mol. The van der Waals surface area contributed by atoms with Crippen molar-refractivity contribution in [3.05, 3.63) is 30.1 Å². The molecule has 0 radical (unpaired) electrons. The largest absolute Gasteiger partial charge is 0.444 e. The number of nitrogens with zero attached hydrogens (tertiary/aromatic N) is 2. The lowest BCUT2D eigenvalue weighted by Gasteiger charge is -2.32. The van der Waals surface area contributed by atoms with Crippen molar-refractivity contribution in [1.29, 1.82) is 0 Å². The van der Waals surface area contributed by atoms with Gasteiger partial charge in [0.2, 0.25) is 5.91 Å². The third-order valence-electron chi connectivity index (χ3n) is 3.71. The maximum atomic E-state index is 12.2. The molecule has 8 nitrogen and oxygen atoms in total. The van der Waals surface area contributed by atoms with Crippen molar-refractivity contribution in [1.82, 2.24) is 20.7 Å². The molecule has 1 saturated heterocycles. The number of hydrogen-bond donors (Lipinski definition) is 2. The van der Waals surface area contributed by atoms with Gasteiger partial charge in [-0.1, -0.05) is 6.07 Å². The van der Waals surface area contributed by atoms with Gasteiger partial charge in [0.05, 0.1) is 0 Å². The highest BCUT2D eigenvalue weighted by Gasteiger charge is 2.30. The van der Waals surface area contributed by atoms with Gasteiger partial charge in [-0.2, -0.15) is 0 Å². The molecule has 0 unspecified atom stereocenters. The second-order valence-electron chi connectivity index (χ2n) is 6.90. The van der Waals surface area contributed by atoms with Crippen molar-refractivity contribution in [2.75, 3.05) is 13.1 Å². The van der Waals surface area contributed by atoms with Crippen molar-refractivity contribution in [3.8, 4) is 0 Å². The number of carbonyl (C=O) groups is 3. The number of piperidine rings is 1. The minimum absolute atomic E-state index is 0.225. The lowest BCUT2D eigenvalue weighted by atomic mass is 9.96. The summed E-state index contributed by atoms with van der Waals surface area (Å²) in [5.41, 5.74) is 4.46. The van der Waals surface area contributed by atoms with Crippen LogP contribution in [0.3, 0.4) is 0 Å². The normalized spacial score (nSPS) is 15.4. The van der Waals surface area contributed by atoms with E-state index in [1.54, 1.807) is 23.1 Å². The molecule has 0 spiro atoms. The fraction of sp³-hybridized carbons (Fsp3) is 0.529. The molecule has 0 saturated carbocycles. The van der Waals surface area contributed by atoms with E-state index >= 15 is 0 Å². The van der Waals surface area contributed by atoms with Crippen LogP contribution in [-0.4, -0.2) is 46.5 Å². The van der Waals surface area contributed by atoms with E-state index in [2.05, 4.69) is 15.8 Å². The molecule has 2 rings (SSSR count). The van der Waals surface area contributed by atoms with Crippen LogP contribution in [0.1, 0.15) is 44.1 Å². The molecule has 0 aromatic carbocycles. The maximum absolute atomic E-state index is 12.2. The first-order valence-corrected chi connectivity index (χ1v) is 8.25. The summed E-state index contributed by atoms with van der Waals surface area (Å²) in [4.78, 5) is 41.5. The maximum Gasteiger partial charge on any atom is 0.410 e. The highest BCUT2D eigenvalue weighted by Crippen LogP contribution is 2.19. The molecule has 1 aromatic heterocycles. The predicted molar refractivity (Wildman–Crippen MR) is 90.4 cm³/mol. The summed E-state index contributed by atoms with van der Waals surface area (Å²) in [5, 5.41) is 0. The molecule has 2 N–H and O–H groups in total. The number of nitrogens with one attached hydrogen (secondary N) is 2. The lowest BCUT2D eigenvalue weighted by molar-refractivity contribution is -0.127. The van der Waals surface area contributed by atoms with Crippen LogP contribution in [0.2, 0.25) is 0 Å². The van der Waals surface area contributed by atoms with E-state index in [1.165, 1.54) is 6.20 Å². The number of hydrazine groups is 1. The summed E-state index contributed by atoms with van der Waals surface area (Å²) in [7, 11) is 0. The number of amides is 3. The van der Waals surface area contributed by atoms with E-state index in [-0.39, 0.29) is 23.6 Å². The molecular formula is C17H24N4O4. The first-order chi connectivity index (χ1) is 11.8. The van der Waals surface area contributed by atoms with Gasteiger partial charge >= 0.3 is 6.09 Å². The molecule has 1 aliphatic rings. The zero-order valence-electron chi connectivity index (χ0n) is 14.7. The average Bonchev–Trinajstić information content (AvgIpc) is 2.58. The third kappa shape index (κ3) is 5.74. The molecule has 1 aromatic rings. The van der Waals surface area contributed by atoms with Crippen molar-refractivity contribution < 1.29 is 19.1 Å². The smallest absolute Gasteiger partial charge is 0.410 e. The Hall–Kier alpha value is -2.64. The van der Waals surface area contributed by atoms with Gasteiger partial charge in [-0.15, -0.1) is 0 Å². The van der Waals surface area contributed by atoms with Gasteiger partial charge in [0.25, 0.3) is 5.91 Å². The summed E-state index contributed by atoms with van der Waals surface area (Å²) in [6.45, 7) is 6.34. The zero-order valence-corrected chi connectivity index (χ0v) is 14.7. The molecular weight excluding hydrogens is 324 g/mol. The van der Waals surface area contributed by atoms with E-state index in [0.29, 0.717) is 25.9 Å². The number of hydrogen-bond acceptors (Lipinski definition) is 5. The Labute approximate surface area is 146 Å². The van der Waals surface area contributed by atoms with Gasteiger partial charge in [0.1, 0.15) is 11.3 Å². The second-order valence-corrected chi connectivity index (χ2v) is 6.90. The SMILES string of the molecule is CC(C)(C)OC(=O)N1CCC(C(=O)NNC(=O)c2ccccn2)CC1. The lowest BCUT2D eigenvalue weighted by Crippen LogP contribution is -2.48. The van der Waals surface area contributed by atoms with Gasteiger partial charge in [0, 0.05) is 25.2 Å². The molecule has 136 valence electrons. The Morgan fingerprint density at radius 1 is 1.16 bits per heavy atom. The number of pyridine rings is 1. The minimum atomic E-state index is -0.541. The Bertz CT molecular complexity index is 619. The number of likely N-dealkylation sites (tertiary alicyclic amines) is 1. The molecule has 8 heteroatoms. The first-order valence-electron chi connectivity index (χ1n) is 8.25. The molecule has 0 atom stereocenters. The summed E-state index contributed by atoms with van der Waals surface area (Å²) in [5.74, 6) is -1.00. The van der Waals surface area contributed by atoms with Crippen molar-refractivity contribution in [2.24, 2.45) is 5.92 Å². The molecule has 3 amide bonds. The molecule has 2 heterocycles. The van der Waals surface area contributed by atoms with Gasteiger partial charge in [-0.05, 0) is 45.7 Å². The first kappa shape index (κ1) is 18.7. The van der Waals surface area contributed by atoms with Crippen LogP contribution in [0, 0.1) is 5.92 Å². The molecule has 25 heavy (non-hydrogen) atoms. The summed E-state index contributed by atoms with van der Waals surface area (Å²) < 4.78 is 5.32. The van der Waals surface area contributed by atoms with Crippen LogP contribution in [-0.2, 0) is 9.53 Å². The summed E-state index contributed by atoms with van der Waals surface area (Å²) >= 11 is 0. The molecule has 1 aliphatic heterocycles. The molecule has 1 fully saturated rings. The molecule has 0 bridgehead atoms. The van der Waals surface area contributed by atoms with Crippen molar-refractivity contribution in [3.63, 3.8) is 0 Å². The Morgan fingerprint density at radius 2 is 1.84 bits per heavy atom. The summed E-state index contributed by atoms with van der Waals surface area (Å²) in [6.07, 6.45) is 2.17. The fourth-order valence-corrected chi connectivity index (χ4v) is 2.43. The van der Waals surface area contributed by atoms with E-state index in [0.717, 1.165) is 0 Å². The van der Waals surface area contributed by atoms with E-state index < -0.39 is 11.5 Å². The van der Waals surface area contributed by atoms with E-state index in [4.69, 9.17) is 4.74 Å². The zero-order chi connectivity index (χ0) is 18.4. The van der Waals surface area contributed by atoms with E-state index in [1.807, 2.05) is 20.8 Å². The second kappa shape index (κ2) is 7.96. The third-order valence-corrected chi connectivity index (χ3v) is 3.71. The topological polar surface area (TPSA) is 101 Å². The minimum Gasteiger partial charge on any atom is -0.444 e. The van der Waals surface area contributed by atoms with Gasteiger partial charge < -0.3 is 9.64 Å². The van der Waals surface area contributed by atoms with Crippen LogP contribution in [0.4, 0.5) is 4.79 Å². The number of ether oxygens (including phenoxy) is 1.